The molecule has 1 aliphatic rings. The van der Waals surface area contributed by atoms with E-state index in [0.29, 0.717) is 5.56 Å². The Balaban J connectivity index is 0.00000320. The van der Waals surface area contributed by atoms with Gasteiger partial charge in [0.2, 0.25) is 5.82 Å². The third kappa shape index (κ3) is 4.89. The molecule has 1 aromatic carbocycles. The van der Waals surface area contributed by atoms with Crippen molar-refractivity contribution in [3.8, 4) is 11.8 Å². The fourth-order valence-corrected chi connectivity index (χ4v) is 3.45. The summed E-state index contributed by atoms with van der Waals surface area (Å²) in [4.78, 5) is 16.5. The normalized spacial score (nSPS) is 18.9. The van der Waals surface area contributed by atoms with Crippen molar-refractivity contribution in [1.29, 1.82) is 5.26 Å². The molecule has 3 rings (SSSR count). The van der Waals surface area contributed by atoms with Gasteiger partial charge in [-0.25, -0.2) is 4.98 Å². The van der Waals surface area contributed by atoms with Crippen molar-refractivity contribution in [3.05, 3.63) is 46.5 Å². The van der Waals surface area contributed by atoms with Crippen molar-refractivity contribution in [2.75, 3.05) is 0 Å². The third-order valence-corrected chi connectivity index (χ3v) is 5.53. The van der Waals surface area contributed by atoms with Crippen LogP contribution in [0.15, 0.2) is 18.3 Å². The maximum Gasteiger partial charge on any atom is 0.291 e. The lowest BCUT2D eigenvalue weighted by Crippen LogP contribution is -2.40. The first-order chi connectivity index (χ1) is 13.9. The van der Waals surface area contributed by atoms with Crippen molar-refractivity contribution in [3.63, 3.8) is 0 Å². The molecule has 1 amide bonds. The van der Waals surface area contributed by atoms with E-state index in [1.807, 2.05) is 39.8 Å². The van der Waals surface area contributed by atoms with Gasteiger partial charge in [0.25, 0.3) is 5.91 Å². The average Bonchev–Trinajstić information content (AvgIpc) is 2.73. The quantitative estimate of drug-likeness (QED) is 0.825. The molecule has 1 N–H and O–H groups in total. The molecular weight excluding hydrogens is 366 g/mol. The molecule has 29 heavy (non-hydrogen) atoms. The lowest BCUT2D eigenvalue weighted by atomic mass is 9.92. The van der Waals surface area contributed by atoms with Crippen LogP contribution in [-0.4, -0.2) is 33.2 Å². The lowest BCUT2D eigenvalue weighted by molar-refractivity contribution is 0.0882. The second-order valence-corrected chi connectivity index (χ2v) is 7.90. The molecule has 1 aromatic heterocycles. The van der Waals surface area contributed by atoms with E-state index >= 15 is 0 Å². The number of rotatable bonds is 5. The van der Waals surface area contributed by atoms with Crippen molar-refractivity contribution in [2.45, 2.75) is 71.4 Å². The molecule has 0 atom stereocenters. The van der Waals surface area contributed by atoms with Crippen LogP contribution in [-0.2, 0) is 0 Å². The van der Waals surface area contributed by atoms with Gasteiger partial charge in [-0.1, -0.05) is 13.8 Å². The summed E-state index contributed by atoms with van der Waals surface area (Å²) in [6.07, 6.45) is 5.10. The van der Waals surface area contributed by atoms with E-state index in [-0.39, 0.29) is 31.2 Å². The molecule has 1 fully saturated rings. The van der Waals surface area contributed by atoms with E-state index < -0.39 is 0 Å². The van der Waals surface area contributed by atoms with Crippen LogP contribution in [0.1, 0.15) is 79.9 Å². The van der Waals surface area contributed by atoms with E-state index in [1.165, 1.54) is 0 Å². The van der Waals surface area contributed by atoms with E-state index in [9.17, 15) is 4.79 Å². The fraction of sp³-hybridized carbons (Fsp3) is 0.500. The first-order valence-corrected chi connectivity index (χ1v) is 10.1. The second-order valence-electron chi connectivity index (χ2n) is 7.90. The minimum atomic E-state index is -0.282. The number of hydrogen-bond acceptors (Lipinski definition) is 6. The number of carbonyl (C=O) groups excluding carboxylic acids is 1. The maximum absolute atomic E-state index is 12.4. The molecule has 0 unspecified atom stereocenters. The van der Waals surface area contributed by atoms with Gasteiger partial charge in [0.15, 0.2) is 0 Å². The first-order valence-electron chi connectivity index (χ1n) is 10.1. The second kappa shape index (κ2) is 8.99. The highest BCUT2D eigenvalue weighted by Gasteiger charge is 2.25. The van der Waals surface area contributed by atoms with Crippen molar-refractivity contribution >= 4 is 5.91 Å². The molecule has 1 heterocycles. The molecule has 0 radical (unpaired) electrons. The third-order valence-electron chi connectivity index (χ3n) is 5.53. The number of amides is 1. The molecule has 1 aliphatic carbocycles. The van der Waals surface area contributed by atoms with E-state index in [1.54, 1.807) is 6.20 Å². The highest BCUT2D eigenvalue weighted by atomic mass is 16.5. The standard InChI is InChI=1S/C22H27N5O2.H2/c1-13(2)19-12-24-21(27-26-19)22(28)25-17-6-8-18(9-7-17)29-20-10-5-16(11-23)14(3)15(20)4;/h5,10,12-13,17-18H,6-9H2,1-4H3,(H,25,28);1H. The van der Waals surface area contributed by atoms with Gasteiger partial charge < -0.3 is 10.1 Å². The number of carbonyl (C=O) groups is 1. The molecule has 154 valence electrons. The van der Waals surface area contributed by atoms with Gasteiger partial charge in [0.1, 0.15) is 5.75 Å². The zero-order valence-electron chi connectivity index (χ0n) is 17.4. The Morgan fingerprint density at radius 1 is 1.21 bits per heavy atom. The van der Waals surface area contributed by atoms with E-state index in [4.69, 9.17) is 10.00 Å². The van der Waals surface area contributed by atoms with Gasteiger partial charge in [-0.05, 0) is 68.7 Å². The average molecular weight is 396 g/mol. The summed E-state index contributed by atoms with van der Waals surface area (Å²) in [5, 5.41) is 20.2. The Morgan fingerprint density at radius 3 is 2.52 bits per heavy atom. The SMILES string of the molecule is Cc1c(C#N)ccc(OC2CCC(NC(=O)c3ncc(C(C)C)nn3)CC2)c1C.[HH]. The van der Waals surface area contributed by atoms with Crippen LogP contribution in [0.5, 0.6) is 5.75 Å². The Bertz CT molecular complexity index is 916. The zero-order valence-corrected chi connectivity index (χ0v) is 17.4. The summed E-state index contributed by atoms with van der Waals surface area (Å²) in [6.45, 7) is 7.94. The van der Waals surface area contributed by atoms with Crippen LogP contribution < -0.4 is 10.1 Å². The van der Waals surface area contributed by atoms with Crippen molar-refractivity contribution < 1.29 is 11.0 Å². The fourth-order valence-electron chi connectivity index (χ4n) is 3.45. The largest absolute Gasteiger partial charge is 0.490 e. The molecule has 0 saturated heterocycles. The van der Waals surface area contributed by atoms with Crippen LogP contribution in [0.2, 0.25) is 0 Å². The molecule has 7 nitrogen and oxygen atoms in total. The number of nitriles is 1. The summed E-state index contributed by atoms with van der Waals surface area (Å²) >= 11 is 0. The number of hydrogen-bond donors (Lipinski definition) is 1. The Labute approximate surface area is 173 Å². The minimum Gasteiger partial charge on any atom is -0.490 e. The minimum absolute atomic E-state index is 0. The lowest BCUT2D eigenvalue weighted by Gasteiger charge is -2.30. The monoisotopic (exact) mass is 395 g/mol. The van der Waals surface area contributed by atoms with Crippen LogP contribution in [0, 0.1) is 25.2 Å². The summed E-state index contributed by atoms with van der Waals surface area (Å²) in [5.74, 6) is 0.886. The summed E-state index contributed by atoms with van der Waals surface area (Å²) in [6, 6.07) is 5.97. The molecule has 2 aromatic rings. The topological polar surface area (TPSA) is 101 Å². The van der Waals surface area contributed by atoms with Crippen molar-refractivity contribution in [2.24, 2.45) is 0 Å². The predicted octanol–water partition coefficient (Wildman–Crippen LogP) is 3.85. The Kier molecular flexibility index (Phi) is 6.42. The van der Waals surface area contributed by atoms with Gasteiger partial charge >= 0.3 is 0 Å². The number of nitrogens with zero attached hydrogens (tertiary/aromatic N) is 4. The predicted molar refractivity (Wildman–Crippen MR) is 111 cm³/mol. The number of nitrogens with one attached hydrogen (secondary N) is 1. The molecule has 0 bridgehead atoms. The van der Waals surface area contributed by atoms with E-state index in [0.717, 1.165) is 48.3 Å². The first kappa shape index (κ1) is 20.7. The van der Waals surface area contributed by atoms with Gasteiger partial charge in [-0.15, -0.1) is 5.10 Å². The molecular formula is C22H29N5O2. The van der Waals surface area contributed by atoms with Crippen LogP contribution in [0.3, 0.4) is 0 Å². The summed E-state index contributed by atoms with van der Waals surface area (Å²) < 4.78 is 6.18. The summed E-state index contributed by atoms with van der Waals surface area (Å²) in [5.41, 5.74) is 3.42. The van der Waals surface area contributed by atoms with Gasteiger partial charge in [0.05, 0.1) is 29.6 Å². The summed E-state index contributed by atoms with van der Waals surface area (Å²) in [7, 11) is 0. The Hall–Kier alpha value is -3.01. The number of benzene rings is 1. The van der Waals surface area contributed by atoms with Crippen LogP contribution in [0.4, 0.5) is 0 Å². The maximum atomic E-state index is 12.4. The zero-order chi connectivity index (χ0) is 21.0. The number of ether oxygens (including phenoxy) is 1. The highest BCUT2D eigenvalue weighted by molar-refractivity contribution is 5.90. The molecule has 1 saturated carbocycles. The molecule has 7 heteroatoms. The Morgan fingerprint density at radius 2 is 1.93 bits per heavy atom. The van der Waals surface area contributed by atoms with E-state index in [2.05, 4.69) is 26.6 Å². The smallest absolute Gasteiger partial charge is 0.291 e. The number of aromatic nitrogens is 3. The van der Waals surface area contributed by atoms with Crippen LogP contribution >= 0.6 is 0 Å². The van der Waals surface area contributed by atoms with Gasteiger partial charge in [-0.2, -0.15) is 10.4 Å². The highest BCUT2D eigenvalue weighted by Crippen LogP contribution is 2.29. The van der Waals surface area contributed by atoms with Gasteiger partial charge in [-0.3, -0.25) is 4.79 Å². The van der Waals surface area contributed by atoms with Crippen LogP contribution in [0.25, 0.3) is 0 Å². The van der Waals surface area contributed by atoms with Gasteiger partial charge in [0, 0.05) is 7.47 Å². The molecule has 0 aliphatic heterocycles. The van der Waals surface area contributed by atoms with Crippen molar-refractivity contribution in [1.82, 2.24) is 20.5 Å². The molecule has 0 spiro atoms.